The standard InChI is InChI=1S/C20H42O4S.Na/c1-17(2)9-6-10-18(3)11-7-12-19(4)13-8-14-20(5)15-16-24-25(21,22)23;/h17-20H,6-16H2,1-5H3,(H,21,22,23);/q;+1/p-1/t18-,19-,20-;/m1./s1. The SMILES string of the molecule is CC(C)CCC[C@@H](C)CCC[C@@H](C)CCC[C@@H](C)CCOS(=O)(=O)[O-].[Na+]. The molecule has 0 aliphatic heterocycles. The first kappa shape index (κ1) is 29.1. The van der Waals surface area contributed by atoms with Crippen LogP contribution in [0.1, 0.15) is 98.8 Å². The van der Waals surface area contributed by atoms with Crippen LogP contribution in [0.2, 0.25) is 0 Å². The van der Waals surface area contributed by atoms with Gasteiger partial charge in [-0.1, -0.05) is 92.4 Å². The van der Waals surface area contributed by atoms with Crippen LogP contribution >= 0.6 is 0 Å². The van der Waals surface area contributed by atoms with Crippen LogP contribution in [0.15, 0.2) is 0 Å². The Balaban J connectivity index is 0. The second kappa shape index (κ2) is 16.8. The van der Waals surface area contributed by atoms with Gasteiger partial charge in [-0.2, -0.15) is 0 Å². The summed E-state index contributed by atoms with van der Waals surface area (Å²) in [6.07, 6.45) is 12.2. The van der Waals surface area contributed by atoms with Crippen LogP contribution < -0.4 is 29.6 Å². The molecule has 0 bridgehead atoms. The van der Waals surface area contributed by atoms with Gasteiger partial charge in [0.1, 0.15) is 0 Å². The topological polar surface area (TPSA) is 66.4 Å². The van der Waals surface area contributed by atoms with Crippen LogP contribution in [0.4, 0.5) is 0 Å². The van der Waals surface area contributed by atoms with Crippen LogP contribution in [-0.2, 0) is 14.6 Å². The Morgan fingerprint density at radius 2 is 1.04 bits per heavy atom. The van der Waals surface area contributed by atoms with E-state index in [4.69, 9.17) is 0 Å². The van der Waals surface area contributed by atoms with Gasteiger partial charge in [-0.15, -0.1) is 0 Å². The smallest absolute Gasteiger partial charge is 0.726 e. The Labute approximate surface area is 185 Å². The van der Waals surface area contributed by atoms with Gasteiger partial charge in [0.25, 0.3) is 0 Å². The van der Waals surface area contributed by atoms with Crippen molar-refractivity contribution in [1.29, 1.82) is 0 Å². The van der Waals surface area contributed by atoms with E-state index >= 15 is 0 Å². The van der Waals surface area contributed by atoms with Crippen LogP contribution in [0.3, 0.4) is 0 Å². The van der Waals surface area contributed by atoms with Gasteiger partial charge in [-0.25, -0.2) is 8.42 Å². The van der Waals surface area contributed by atoms with Crippen molar-refractivity contribution in [2.75, 3.05) is 6.61 Å². The Morgan fingerprint density at radius 3 is 1.38 bits per heavy atom. The third-order valence-corrected chi connectivity index (χ3v) is 5.56. The molecule has 0 aliphatic rings. The molecule has 0 aromatic heterocycles. The van der Waals surface area contributed by atoms with Crippen molar-refractivity contribution in [2.45, 2.75) is 98.8 Å². The van der Waals surface area contributed by atoms with E-state index in [1.165, 1.54) is 44.9 Å². The summed E-state index contributed by atoms with van der Waals surface area (Å²) in [6, 6.07) is 0. The molecule has 0 unspecified atom stereocenters. The van der Waals surface area contributed by atoms with Gasteiger partial charge in [0.15, 0.2) is 0 Å². The minimum atomic E-state index is -4.53. The zero-order valence-corrected chi connectivity index (χ0v) is 20.9. The largest absolute Gasteiger partial charge is 1.00 e. The molecule has 3 atom stereocenters. The Morgan fingerprint density at radius 1 is 0.692 bits per heavy atom. The van der Waals surface area contributed by atoms with E-state index in [1.807, 2.05) is 0 Å². The van der Waals surface area contributed by atoms with Crippen molar-refractivity contribution in [3.05, 3.63) is 0 Å². The number of hydrogen-bond donors (Lipinski definition) is 0. The monoisotopic (exact) mass is 400 g/mol. The molecule has 0 saturated heterocycles. The summed E-state index contributed by atoms with van der Waals surface area (Å²) in [7, 11) is -4.53. The second-order valence-electron chi connectivity index (χ2n) is 8.52. The quantitative estimate of drug-likeness (QED) is 0.227. The van der Waals surface area contributed by atoms with E-state index in [9.17, 15) is 13.0 Å². The zero-order chi connectivity index (χ0) is 19.3. The molecule has 4 nitrogen and oxygen atoms in total. The molecule has 0 N–H and O–H groups in total. The fourth-order valence-electron chi connectivity index (χ4n) is 3.29. The Kier molecular flexibility index (Phi) is 18.8. The minimum Gasteiger partial charge on any atom is -0.726 e. The maximum absolute atomic E-state index is 10.4. The van der Waals surface area contributed by atoms with Crippen LogP contribution in [0.25, 0.3) is 0 Å². The summed E-state index contributed by atoms with van der Waals surface area (Å²) in [5.74, 6) is 2.83. The number of hydrogen-bond acceptors (Lipinski definition) is 4. The zero-order valence-electron chi connectivity index (χ0n) is 18.1. The normalized spacial score (nSPS) is 15.5. The average Bonchev–Trinajstić information content (AvgIpc) is 2.45. The molecule has 0 spiro atoms. The maximum Gasteiger partial charge on any atom is 1.00 e. The van der Waals surface area contributed by atoms with Gasteiger partial charge in [0.05, 0.1) is 6.61 Å². The molecule has 0 saturated carbocycles. The van der Waals surface area contributed by atoms with Crippen molar-refractivity contribution in [3.8, 4) is 0 Å². The molecule has 0 heterocycles. The molecular formula is C20H41NaO4S. The molecule has 6 heteroatoms. The van der Waals surface area contributed by atoms with Gasteiger partial charge in [-0.05, 0) is 30.1 Å². The summed E-state index contributed by atoms with van der Waals surface area (Å²) >= 11 is 0. The first-order chi connectivity index (χ1) is 11.6. The van der Waals surface area contributed by atoms with Gasteiger partial charge in [0, 0.05) is 0 Å². The molecule has 0 rings (SSSR count). The first-order valence-electron chi connectivity index (χ1n) is 10.2. The van der Waals surface area contributed by atoms with Crippen molar-refractivity contribution < 1.29 is 46.7 Å². The Bertz CT molecular complexity index is 412. The predicted octanol–water partition coefficient (Wildman–Crippen LogP) is 2.93. The second-order valence-corrected chi connectivity index (χ2v) is 9.57. The third kappa shape index (κ3) is 21.2. The van der Waals surface area contributed by atoms with Crippen molar-refractivity contribution >= 4 is 10.4 Å². The van der Waals surface area contributed by atoms with Crippen LogP contribution in [0, 0.1) is 23.7 Å². The molecule has 0 aliphatic carbocycles. The van der Waals surface area contributed by atoms with Gasteiger partial charge >= 0.3 is 29.6 Å². The van der Waals surface area contributed by atoms with Gasteiger partial charge < -0.3 is 4.55 Å². The van der Waals surface area contributed by atoms with E-state index in [2.05, 4.69) is 38.8 Å². The molecule has 0 aromatic carbocycles. The van der Waals surface area contributed by atoms with E-state index in [0.29, 0.717) is 12.3 Å². The summed E-state index contributed by atoms with van der Waals surface area (Å²) in [6.45, 7) is 11.4. The summed E-state index contributed by atoms with van der Waals surface area (Å²) in [4.78, 5) is 0. The number of rotatable bonds is 16. The van der Waals surface area contributed by atoms with Gasteiger partial charge in [-0.3, -0.25) is 4.18 Å². The van der Waals surface area contributed by atoms with Crippen molar-refractivity contribution in [3.63, 3.8) is 0 Å². The molecule has 0 aromatic rings. The predicted molar refractivity (Wildman–Crippen MR) is 104 cm³/mol. The minimum absolute atomic E-state index is 0. The molecule has 26 heavy (non-hydrogen) atoms. The summed E-state index contributed by atoms with van der Waals surface area (Å²) < 4.78 is 35.4. The summed E-state index contributed by atoms with van der Waals surface area (Å²) in [5.41, 5.74) is 0. The van der Waals surface area contributed by atoms with Crippen LogP contribution in [-0.4, -0.2) is 19.6 Å². The van der Waals surface area contributed by atoms with E-state index in [-0.39, 0.29) is 36.2 Å². The molecule has 152 valence electrons. The van der Waals surface area contributed by atoms with E-state index in [0.717, 1.165) is 30.6 Å². The van der Waals surface area contributed by atoms with Crippen molar-refractivity contribution in [2.24, 2.45) is 23.7 Å². The Hall–Kier alpha value is 0.870. The maximum atomic E-state index is 10.4. The third-order valence-electron chi connectivity index (χ3n) is 5.10. The first-order valence-corrected chi connectivity index (χ1v) is 11.5. The fraction of sp³-hybridized carbons (Fsp3) is 1.00. The van der Waals surface area contributed by atoms with Gasteiger partial charge in [0.2, 0.25) is 10.4 Å². The molecule has 0 amide bonds. The summed E-state index contributed by atoms with van der Waals surface area (Å²) in [5, 5.41) is 0. The average molecular weight is 401 g/mol. The molecule has 0 fully saturated rings. The van der Waals surface area contributed by atoms with E-state index in [1.54, 1.807) is 0 Å². The van der Waals surface area contributed by atoms with Crippen molar-refractivity contribution in [1.82, 2.24) is 0 Å². The van der Waals surface area contributed by atoms with Crippen LogP contribution in [0.5, 0.6) is 0 Å². The molecule has 0 radical (unpaired) electrons. The fourth-order valence-corrected chi connectivity index (χ4v) is 3.59. The molecular weight excluding hydrogens is 359 g/mol. The van der Waals surface area contributed by atoms with E-state index < -0.39 is 10.4 Å².